The summed E-state index contributed by atoms with van der Waals surface area (Å²) in [6.07, 6.45) is 0.401. The molecule has 2 rings (SSSR count). The van der Waals surface area contributed by atoms with Crippen molar-refractivity contribution >= 4 is 0 Å². The number of aromatic amines is 2. The van der Waals surface area contributed by atoms with Crippen LogP contribution in [0, 0.1) is 6.92 Å². The third kappa shape index (κ3) is 2.74. The number of methoxy groups -OCH3 is 2. The third-order valence-electron chi connectivity index (χ3n) is 3.08. The van der Waals surface area contributed by atoms with Crippen molar-refractivity contribution in [1.82, 2.24) is 9.97 Å². The van der Waals surface area contributed by atoms with Gasteiger partial charge in [-0.25, -0.2) is 4.79 Å². The Kier molecular flexibility index (Phi) is 3.93. The van der Waals surface area contributed by atoms with Gasteiger partial charge in [-0.15, -0.1) is 0 Å². The minimum atomic E-state index is -0.497. The average molecular weight is 276 g/mol. The first-order valence-electron chi connectivity index (χ1n) is 6.08. The Morgan fingerprint density at radius 3 is 2.35 bits per heavy atom. The van der Waals surface area contributed by atoms with E-state index < -0.39 is 5.69 Å². The van der Waals surface area contributed by atoms with E-state index in [1.54, 1.807) is 27.2 Å². The summed E-state index contributed by atoms with van der Waals surface area (Å²) in [5.74, 6) is 1.23. The summed E-state index contributed by atoms with van der Waals surface area (Å²) < 4.78 is 10.4. The second kappa shape index (κ2) is 5.64. The van der Waals surface area contributed by atoms with E-state index in [0.29, 0.717) is 29.2 Å². The number of hydrogen-bond acceptors (Lipinski definition) is 4. The molecule has 0 spiro atoms. The third-order valence-corrected chi connectivity index (χ3v) is 3.08. The molecule has 0 fully saturated rings. The zero-order chi connectivity index (χ0) is 14.7. The van der Waals surface area contributed by atoms with Gasteiger partial charge < -0.3 is 14.5 Å². The molecule has 0 aliphatic heterocycles. The van der Waals surface area contributed by atoms with Crippen molar-refractivity contribution in [2.45, 2.75) is 13.3 Å². The van der Waals surface area contributed by atoms with Crippen LogP contribution >= 0.6 is 0 Å². The van der Waals surface area contributed by atoms with Crippen LogP contribution in [0.4, 0.5) is 0 Å². The van der Waals surface area contributed by atoms with Crippen molar-refractivity contribution in [2.24, 2.45) is 0 Å². The Morgan fingerprint density at radius 2 is 1.75 bits per heavy atom. The molecule has 106 valence electrons. The smallest absolute Gasteiger partial charge is 0.325 e. The molecule has 6 heteroatoms. The molecule has 0 bridgehead atoms. The van der Waals surface area contributed by atoms with Gasteiger partial charge in [-0.3, -0.25) is 9.78 Å². The van der Waals surface area contributed by atoms with Crippen LogP contribution < -0.4 is 20.7 Å². The van der Waals surface area contributed by atoms with Crippen molar-refractivity contribution in [3.8, 4) is 11.5 Å². The maximum Gasteiger partial charge on any atom is 0.325 e. The first-order chi connectivity index (χ1) is 9.55. The van der Waals surface area contributed by atoms with E-state index in [1.807, 2.05) is 12.1 Å². The highest BCUT2D eigenvalue weighted by Crippen LogP contribution is 2.28. The van der Waals surface area contributed by atoms with E-state index in [4.69, 9.17) is 9.47 Å². The molecule has 0 saturated heterocycles. The number of ether oxygens (including phenoxy) is 2. The molecule has 0 aliphatic carbocycles. The Bertz CT molecular complexity index is 731. The largest absolute Gasteiger partial charge is 0.493 e. The number of hydrogen-bond donors (Lipinski definition) is 2. The van der Waals surface area contributed by atoms with E-state index in [0.717, 1.165) is 5.56 Å². The lowest BCUT2D eigenvalue weighted by Crippen LogP contribution is -2.27. The SMILES string of the molecule is COc1ccc(Cc2c(C)[nH]c(=O)[nH]c2=O)cc1OC. The quantitative estimate of drug-likeness (QED) is 0.871. The Labute approximate surface area is 115 Å². The molecule has 2 N–H and O–H groups in total. The summed E-state index contributed by atoms with van der Waals surface area (Å²) in [4.78, 5) is 27.8. The van der Waals surface area contributed by atoms with Crippen molar-refractivity contribution < 1.29 is 9.47 Å². The van der Waals surface area contributed by atoms with Crippen molar-refractivity contribution in [3.05, 3.63) is 55.9 Å². The molecule has 20 heavy (non-hydrogen) atoms. The molecule has 1 heterocycles. The lowest BCUT2D eigenvalue weighted by atomic mass is 10.0. The van der Waals surface area contributed by atoms with Gasteiger partial charge in [-0.05, 0) is 24.6 Å². The molecule has 6 nitrogen and oxygen atoms in total. The van der Waals surface area contributed by atoms with Crippen molar-refractivity contribution in [3.63, 3.8) is 0 Å². The van der Waals surface area contributed by atoms with Crippen LogP contribution in [-0.2, 0) is 6.42 Å². The summed E-state index contributed by atoms with van der Waals surface area (Å²) in [5, 5.41) is 0. The lowest BCUT2D eigenvalue weighted by Gasteiger charge is -2.10. The summed E-state index contributed by atoms with van der Waals surface area (Å²) in [7, 11) is 3.12. The molecule has 0 unspecified atom stereocenters. The first-order valence-corrected chi connectivity index (χ1v) is 6.08. The van der Waals surface area contributed by atoms with Crippen LogP contribution in [0.2, 0.25) is 0 Å². The number of benzene rings is 1. The Morgan fingerprint density at radius 1 is 1.05 bits per heavy atom. The molecule has 1 aromatic heterocycles. The normalized spacial score (nSPS) is 10.3. The highest BCUT2D eigenvalue weighted by atomic mass is 16.5. The van der Waals surface area contributed by atoms with Gasteiger partial charge in [0, 0.05) is 17.7 Å². The second-order valence-electron chi connectivity index (χ2n) is 4.38. The van der Waals surface area contributed by atoms with Gasteiger partial charge in [0.25, 0.3) is 5.56 Å². The number of aryl methyl sites for hydroxylation is 1. The topological polar surface area (TPSA) is 84.2 Å². The zero-order valence-electron chi connectivity index (χ0n) is 11.6. The molecule has 0 amide bonds. The molecule has 0 aliphatic rings. The summed E-state index contributed by atoms with van der Waals surface area (Å²) in [5.41, 5.74) is 1.11. The molecular formula is C14H16N2O4. The van der Waals surface area contributed by atoms with Gasteiger partial charge in [-0.1, -0.05) is 6.07 Å². The first kappa shape index (κ1) is 13.9. The summed E-state index contributed by atoms with van der Waals surface area (Å²) >= 11 is 0. The van der Waals surface area contributed by atoms with E-state index in [1.165, 1.54) is 0 Å². The van der Waals surface area contributed by atoms with Gasteiger partial charge in [0.2, 0.25) is 0 Å². The van der Waals surface area contributed by atoms with Crippen LogP contribution in [0.25, 0.3) is 0 Å². The van der Waals surface area contributed by atoms with Gasteiger partial charge in [-0.2, -0.15) is 0 Å². The predicted molar refractivity (Wildman–Crippen MR) is 74.8 cm³/mol. The van der Waals surface area contributed by atoms with Crippen LogP contribution in [-0.4, -0.2) is 24.2 Å². The minimum Gasteiger partial charge on any atom is -0.493 e. The molecule has 2 aromatic rings. The van der Waals surface area contributed by atoms with E-state index in [2.05, 4.69) is 9.97 Å². The van der Waals surface area contributed by atoms with Gasteiger partial charge in [0.1, 0.15) is 0 Å². The Hall–Kier alpha value is -2.50. The fourth-order valence-corrected chi connectivity index (χ4v) is 2.03. The maximum absolute atomic E-state index is 11.8. The number of H-pyrrole nitrogens is 2. The standard InChI is InChI=1S/C14H16N2O4/c1-8-10(13(17)16-14(18)15-8)6-9-4-5-11(19-2)12(7-9)20-3/h4-5,7H,6H2,1-3H3,(H2,15,16,17,18). The monoisotopic (exact) mass is 276 g/mol. The molecular weight excluding hydrogens is 260 g/mol. The fraction of sp³-hybridized carbons (Fsp3) is 0.286. The maximum atomic E-state index is 11.8. The van der Waals surface area contributed by atoms with Crippen molar-refractivity contribution in [2.75, 3.05) is 14.2 Å². The average Bonchev–Trinajstić information content (AvgIpc) is 2.42. The highest BCUT2D eigenvalue weighted by Gasteiger charge is 2.09. The van der Waals surface area contributed by atoms with Crippen LogP contribution in [0.3, 0.4) is 0 Å². The molecule has 0 radical (unpaired) electrons. The van der Waals surface area contributed by atoms with Crippen LogP contribution in [0.5, 0.6) is 11.5 Å². The van der Waals surface area contributed by atoms with Gasteiger partial charge >= 0.3 is 5.69 Å². The van der Waals surface area contributed by atoms with Crippen LogP contribution in [0.1, 0.15) is 16.8 Å². The summed E-state index contributed by atoms with van der Waals surface area (Å²) in [6.45, 7) is 1.70. The van der Waals surface area contributed by atoms with E-state index in [-0.39, 0.29) is 5.56 Å². The number of rotatable bonds is 4. The predicted octanol–water partition coefficient (Wildman–Crippen LogP) is 0.980. The van der Waals surface area contributed by atoms with Gasteiger partial charge in [0.15, 0.2) is 11.5 Å². The molecule has 0 saturated carbocycles. The Balaban J connectivity index is 2.40. The molecule has 0 atom stereocenters. The minimum absolute atomic E-state index is 0.374. The van der Waals surface area contributed by atoms with Crippen LogP contribution in [0.15, 0.2) is 27.8 Å². The van der Waals surface area contributed by atoms with Gasteiger partial charge in [0.05, 0.1) is 14.2 Å². The highest BCUT2D eigenvalue weighted by molar-refractivity contribution is 5.44. The molecule has 1 aromatic carbocycles. The van der Waals surface area contributed by atoms with Crippen molar-refractivity contribution in [1.29, 1.82) is 0 Å². The summed E-state index contributed by atoms with van der Waals surface area (Å²) in [6, 6.07) is 5.44. The zero-order valence-corrected chi connectivity index (χ0v) is 11.6. The van der Waals surface area contributed by atoms with E-state index in [9.17, 15) is 9.59 Å². The fourth-order valence-electron chi connectivity index (χ4n) is 2.03. The second-order valence-corrected chi connectivity index (χ2v) is 4.38. The number of aromatic nitrogens is 2. The number of nitrogens with one attached hydrogen (secondary N) is 2. The lowest BCUT2D eigenvalue weighted by molar-refractivity contribution is 0.354. The van der Waals surface area contributed by atoms with E-state index >= 15 is 0 Å².